The van der Waals surface area contributed by atoms with Crippen molar-refractivity contribution in [2.24, 2.45) is 11.3 Å². The SMILES string of the molecule is CCC(=O)C1(C(=O)OC)CC1C. The number of Topliss-reactive ketones (excluding diaryl/α,β-unsaturated/α-hetero) is 1. The molecular formula is C9H14O3. The minimum absolute atomic E-state index is 0.0156. The Morgan fingerprint density at radius 3 is 2.33 bits per heavy atom. The molecule has 0 N–H and O–H groups in total. The lowest BCUT2D eigenvalue weighted by molar-refractivity contribution is -0.152. The smallest absolute Gasteiger partial charge is 0.319 e. The van der Waals surface area contributed by atoms with E-state index in [1.807, 2.05) is 6.92 Å². The van der Waals surface area contributed by atoms with Crippen LogP contribution in [0.2, 0.25) is 0 Å². The van der Waals surface area contributed by atoms with Crippen LogP contribution in [-0.2, 0) is 14.3 Å². The van der Waals surface area contributed by atoms with Crippen LogP contribution in [0.25, 0.3) is 0 Å². The van der Waals surface area contributed by atoms with Crippen molar-refractivity contribution >= 4 is 11.8 Å². The summed E-state index contributed by atoms with van der Waals surface area (Å²) in [6.07, 6.45) is 1.08. The molecule has 0 spiro atoms. The number of ketones is 1. The lowest BCUT2D eigenvalue weighted by Gasteiger charge is -2.10. The molecule has 2 atom stereocenters. The number of carbonyl (C=O) groups is 2. The molecular weight excluding hydrogens is 156 g/mol. The third-order valence-corrected chi connectivity index (χ3v) is 2.68. The molecule has 1 fully saturated rings. The molecule has 0 radical (unpaired) electrons. The summed E-state index contributed by atoms with van der Waals surface area (Å²) in [5.41, 5.74) is -0.774. The maximum Gasteiger partial charge on any atom is 0.319 e. The van der Waals surface area contributed by atoms with Gasteiger partial charge in [-0.25, -0.2) is 0 Å². The minimum atomic E-state index is -0.774. The summed E-state index contributed by atoms with van der Waals surface area (Å²) in [5.74, 6) is -0.180. The number of ether oxygens (including phenoxy) is 1. The molecule has 0 aromatic rings. The molecule has 1 aliphatic rings. The Balaban J connectivity index is 2.79. The Kier molecular flexibility index (Phi) is 2.22. The number of hydrogen-bond acceptors (Lipinski definition) is 3. The average Bonchev–Trinajstić information content (AvgIpc) is 2.76. The van der Waals surface area contributed by atoms with Gasteiger partial charge in [0.25, 0.3) is 0 Å². The Hall–Kier alpha value is -0.860. The molecule has 3 heteroatoms. The van der Waals surface area contributed by atoms with Crippen molar-refractivity contribution in [1.29, 1.82) is 0 Å². The predicted octanol–water partition coefficient (Wildman–Crippen LogP) is 1.16. The Labute approximate surface area is 72.1 Å². The number of rotatable bonds is 3. The van der Waals surface area contributed by atoms with Gasteiger partial charge in [0.1, 0.15) is 11.2 Å². The van der Waals surface area contributed by atoms with E-state index in [4.69, 9.17) is 0 Å². The largest absolute Gasteiger partial charge is 0.468 e. The van der Waals surface area contributed by atoms with E-state index in [1.165, 1.54) is 7.11 Å². The summed E-state index contributed by atoms with van der Waals surface area (Å²) >= 11 is 0. The van der Waals surface area contributed by atoms with Gasteiger partial charge in [-0.15, -0.1) is 0 Å². The number of carbonyl (C=O) groups excluding carboxylic acids is 2. The van der Waals surface area contributed by atoms with Crippen molar-refractivity contribution in [3.63, 3.8) is 0 Å². The summed E-state index contributed by atoms with van der Waals surface area (Å²) in [4.78, 5) is 22.7. The molecule has 0 aromatic carbocycles. The van der Waals surface area contributed by atoms with Crippen LogP contribution < -0.4 is 0 Å². The van der Waals surface area contributed by atoms with Crippen molar-refractivity contribution < 1.29 is 14.3 Å². The molecule has 0 amide bonds. The second-order valence-corrected chi connectivity index (χ2v) is 3.34. The normalized spacial score (nSPS) is 32.8. The minimum Gasteiger partial charge on any atom is -0.468 e. The lowest BCUT2D eigenvalue weighted by atomic mass is 9.96. The van der Waals surface area contributed by atoms with Crippen LogP contribution in [0.3, 0.4) is 0 Å². The highest BCUT2D eigenvalue weighted by Gasteiger charge is 2.62. The van der Waals surface area contributed by atoms with E-state index in [0.717, 1.165) is 0 Å². The van der Waals surface area contributed by atoms with Crippen LogP contribution in [0.15, 0.2) is 0 Å². The fourth-order valence-electron chi connectivity index (χ4n) is 1.71. The van der Waals surface area contributed by atoms with Gasteiger partial charge in [-0.05, 0) is 12.3 Å². The zero-order chi connectivity index (χ0) is 9.35. The van der Waals surface area contributed by atoms with E-state index in [1.54, 1.807) is 6.92 Å². The van der Waals surface area contributed by atoms with Gasteiger partial charge in [0, 0.05) is 6.42 Å². The number of esters is 1. The Bertz CT molecular complexity index is 204. The number of methoxy groups -OCH3 is 1. The van der Waals surface area contributed by atoms with Gasteiger partial charge in [0.15, 0.2) is 0 Å². The third-order valence-electron chi connectivity index (χ3n) is 2.68. The highest BCUT2D eigenvalue weighted by Crippen LogP contribution is 2.54. The monoisotopic (exact) mass is 170 g/mol. The van der Waals surface area contributed by atoms with Gasteiger partial charge in [0.2, 0.25) is 0 Å². The molecule has 68 valence electrons. The summed E-state index contributed by atoms with van der Waals surface area (Å²) in [6.45, 7) is 3.68. The van der Waals surface area contributed by atoms with E-state index >= 15 is 0 Å². The lowest BCUT2D eigenvalue weighted by Crippen LogP contribution is -2.28. The first-order chi connectivity index (χ1) is 5.59. The second kappa shape index (κ2) is 2.88. The molecule has 0 saturated heterocycles. The van der Waals surface area contributed by atoms with Crippen molar-refractivity contribution in [2.75, 3.05) is 7.11 Å². The summed E-state index contributed by atoms with van der Waals surface area (Å²) in [6, 6.07) is 0. The highest BCUT2D eigenvalue weighted by atomic mass is 16.5. The summed E-state index contributed by atoms with van der Waals surface area (Å²) in [7, 11) is 1.33. The second-order valence-electron chi connectivity index (χ2n) is 3.34. The quantitative estimate of drug-likeness (QED) is 0.471. The molecule has 0 heterocycles. The Morgan fingerprint density at radius 1 is 1.58 bits per heavy atom. The van der Waals surface area contributed by atoms with Crippen LogP contribution in [0.4, 0.5) is 0 Å². The summed E-state index contributed by atoms with van der Waals surface area (Å²) in [5, 5.41) is 0. The first-order valence-electron chi connectivity index (χ1n) is 4.21. The molecule has 1 saturated carbocycles. The topological polar surface area (TPSA) is 43.4 Å². The molecule has 1 rings (SSSR count). The standard InChI is InChI=1S/C9H14O3/c1-4-7(10)9(5-6(9)2)8(11)12-3/h6H,4-5H2,1-3H3. The summed E-state index contributed by atoms with van der Waals surface area (Å²) < 4.78 is 4.61. The average molecular weight is 170 g/mol. The van der Waals surface area contributed by atoms with Gasteiger partial charge in [-0.2, -0.15) is 0 Å². The van der Waals surface area contributed by atoms with Crippen LogP contribution in [0, 0.1) is 11.3 Å². The van der Waals surface area contributed by atoms with E-state index in [2.05, 4.69) is 4.74 Å². The number of hydrogen-bond donors (Lipinski definition) is 0. The van der Waals surface area contributed by atoms with Gasteiger partial charge in [0.05, 0.1) is 7.11 Å². The van der Waals surface area contributed by atoms with Crippen LogP contribution in [0.5, 0.6) is 0 Å². The van der Waals surface area contributed by atoms with E-state index in [-0.39, 0.29) is 17.7 Å². The van der Waals surface area contributed by atoms with Crippen LogP contribution in [-0.4, -0.2) is 18.9 Å². The van der Waals surface area contributed by atoms with Gasteiger partial charge < -0.3 is 4.74 Å². The van der Waals surface area contributed by atoms with Crippen molar-refractivity contribution in [3.8, 4) is 0 Å². The molecule has 2 unspecified atom stereocenters. The first-order valence-corrected chi connectivity index (χ1v) is 4.21. The van der Waals surface area contributed by atoms with Gasteiger partial charge in [-0.3, -0.25) is 9.59 Å². The van der Waals surface area contributed by atoms with Crippen LogP contribution >= 0.6 is 0 Å². The van der Waals surface area contributed by atoms with Crippen molar-refractivity contribution in [2.45, 2.75) is 26.7 Å². The van der Waals surface area contributed by atoms with E-state index < -0.39 is 5.41 Å². The fraction of sp³-hybridized carbons (Fsp3) is 0.778. The Morgan fingerprint density at radius 2 is 2.08 bits per heavy atom. The van der Waals surface area contributed by atoms with Gasteiger partial charge in [-0.1, -0.05) is 13.8 Å². The van der Waals surface area contributed by atoms with Crippen molar-refractivity contribution in [3.05, 3.63) is 0 Å². The van der Waals surface area contributed by atoms with E-state index in [0.29, 0.717) is 12.8 Å². The molecule has 1 aliphatic carbocycles. The third kappa shape index (κ3) is 1.04. The first kappa shape index (κ1) is 9.23. The van der Waals surface area contributed by atoms with Crippen LogP contribution in [0.1, 0.15) is 26.7 Å². The van der Waals surface area contributed by atoms with Gasteiger partial charge >= 0.3 is 5.97 Å². The highest BCUT2D eigenvalue weighted by molar-refractivity contribution is 6.07. The maximum absolute atomic E-state index is 11.4. The maximum atomic E-state index is 11.4. The zero-order valence-corrected chi connectivity index (χ0v) is 7.72. The molecule has 0 aliphatic heterocycles. The molecule has 12 heavy (non-hydrogen) atoms. The molecule has 0 aromatic heterocycles. The zero-order valence-electron chi connectivity index (χ0n) is 7.72. The molecule has 3 nitrogen and oxygen atoms in total. The van der Waals surface area contributed by atoms with E-state index in [9.17, 15) is 9.59 Å². The molecule has 0 bridgehead atoms. The van der Waals surface area contributed by atoms with Crippen molar-refractivity contribution in [1.82, 2.24) is 0 Å². The fourth-order valence-corrected chi connectivity index (χ4v) is 1.71. The predicted molar refractivity (Wildman–Crippen MR) is 43.5 cm³/mol.